The maximum atomic E-state index is 12.5. The van der Waals surface area contributed by atoms with E-state index in [4.69, 9.17) is 0 Å². The molecule has 0 bridgehead atoms. The Morgan fingerprint density at radius 1 is 1.39 bits per heavy atom. The first-order chi connectivity index (χ1) is 11.1. The molecule has 1 aliphatic heterocycles. The van der Waals surface area contributed by atoms with E-state index in [0.717, 1.165) is 23.9 Å². The molecule has 3 rings (SSSR count). The number of benzene rings is 1. The number of rotatable bonds is 3. The number of piperidine rings is 1. The molecule has 2 heterocycles. The van der Waals surface area contributed by atoms with Crippen LogP contribution in [0.1, 0.15) is 32.6 Å². The zero-order valence-corrected chi connectivity index (χ0v) is 14.8. The van der Waals surface area contributed by atoms with Crippen LogP contribution in [0.3, 0.4) is 0 Å². The molecule has 0 spiro atoms. The van der Waals surface area contributed by atoms with Crippen LogP contribution in [-0.4, -0.2) is 32.9 Å². The molecule has 1 saturated heterocycles. The summed E-state index contributed by atoms with van der Waals surface area (Å²) in [6.07, 6.45) is 5.20. The summed E-state index contributed by atoms with van der Waals surface area (Å²) in [6, 6.07) is 5.75. The van der Waals surface area contributed by atoms with Gasteiger partial charge in [-0.3, -0.25) is 14.2 Å². The van der Waals surface area contributed by atoms with Crippen molar-refractivity contribution in [2.24, 2.45) is 0 Å². The second-order valence-electron chi connectivity index (χ2n) is 6.09. The van der Waals surface area contributed by atoms with E-state index in [1.165, 1.54) is 17.3 Å². The number of fused-ring (bicyclic) bond motifs is 1. The summed E-state index contributed by atoms with van der Waals surface area (Å²) in [6.45, 7) is 3.30. The average molecular weight is 378 g/mol. The second kappa shape index (κ2) is 6.83. The Balaban J connectivity index is 1.75. The standard InChI is InChI=1S/C17H20BrN3O2/c1-12-4-2-3-8-21(12)16(22)7-9-20-11-19-15-6-5-13(18)10-14(15)17(20)23/h5-6,10-12H,2-4,7-9H2,1H3/t12-/m1/s1. The SMILES string of the molecule is C[C@@H]1CCCCN1C(=O)CCn1cnc2ccc(Br)cc2c1=O. The van der Waals surface area contributed by atoms with E-state index in [2.05, 4.69) is 27.8 Å². The van der Waals surface area contributed by atoms with Crippen LogP contribution in [-0.2, 0) is 11.3 Å². The van der Waals surface area contributed by atoms with Crippen molar-refractivity contribution in [2.75, 3.05) is 6.54 Å². The molecular formula is C17H20BrN3O2. The lowest BCUT2D eigenvalue weighted by Crippen LogP contribution is -2.42. The number of aryl methyl sites for hydroxylation is 1. The van der Waals surface area contributed by atoms with E-state index < -0.39 is 0 Å². The summed E-state index contributed by atoms with van der Waals surface area (Å²) in [4.78, 5) is 31.2. The fourth-order valence-electron chi connectivity index (χ4n) is 3.12. The Morgan fingerprint density at radius 3 is 3.00 bits per heavy atom. The van der Waals surface area contributed by atoms with Gasteiger partial charge in [0.2, 0.25) is 5.91 Å². The minimum atomic E-state index is -0.101. The van der Waals surface area contributed by atoms with Gasteiger partial charge in [-0.2, -0.15) is 0 Å². The molecule has 0 saturated carbocycles. The number of hydrogen-bond acceptors (Lipinski definition) is 3. The molecule has 23 heavy (non-hydrogen) atoms. The first kappa shape index (κ1) is 16.2. The van der Waals surface area contributed by atoms with Crippen LogP contribution in [0.2, 0.25) is 0 Å². The lowest BCUT2D eigenvalue weighted by molar-refractivity contribution is -0.134. The Hall–Kier alpha value is -1.69. The molecule has 0 unspecified atom stereocenters. The zero-order valence-electron chi connectivity index (χ0n) is 13.2. The number of halogens is 1. The van der Waals surface area contributed by atoms with Gasteiger partial charge in [-0.05, 0) is 44.4 Å². The van der Waals surface area contributed by atoms with Crippen molar-refractivity contribution in [1.82, 2.24) is 14.5 Å². The molecule has 122 valence electrons. The fourth-order valence-corrected chi connectivity index (χ4v) is 3.48. The van der Waals surface area contributed by atoms with Crippen molar-refractivity contribution >= 4 is 32.7 Å². The predicted molar refractivity (Wildman–Crippen MR) is 93.3 cm³/mol. The van der Waals surface area contributed by atoms with Gasteiger partial charge in [0.15, 0.2) is 0 Å². The van der Waals surface area contributed by atoms with E-state index >= 15 is 0 Å². The summed E-state index contributed by atoms with van der Waals surface area (Å²) >= 11 is 3.38. The molecule has 1 aliphatic rings. The van der Waals surface area contributed by atoms with Crippen molar-refractivity contribution in [3.63, 3.8) is 0 Å². The van der Waals surface area contributed by atoms with Crippen molar-refractivity contribution in [3.05, 3.63) is 39.4 Å². The third-order valence-electron chi connectivity index (χ3n) is 4.48. The fraction of sp³-hybridized carbons (Fsp3) is 0.471. The molecule has 0 radical (unpaired) electrons. The number of aromatic nitrogens is 2. The van der Waals surface area contributed by atoms with Gasteiger partial charge < -0.3 is 4.90 Å². The Kier molecular flexibility index (Phi) is 4.80. The molecule has 1 amide bonds. The van der Waals surface area contributed by atoms with E-state index in [1.807, 2.05) is 17.0 Å². The summed E-state index contributed by atoms with van der Waals surface area (Å²) in [5.74, 6) is 0.124. The maximum absolute atomic E-state index is 12.5. The van der Waals surface area contributed by atoms with Gasteiger partial charge in [0.1, 0.15) is 0 Å². The van der Waals surface area contributed by atoms with Crippen LogP contribution >= 0.6 is 15.9 Å². The van der Waals surface area contributed by atoms with Crippen molar-refractivity contribution in [1.29, 1.82) is 0 Å². The van der Waals surface area contributed by atoms with E-state index in [-0.39, 0.29) is 11.5 Å². The van der Waals surface area contributed by atoms with Gasteiger partial charge >= 0.3 is 0 Å². The Bertz CT molecular complexity index is 787. The molecule has 0 N–H and O–H groups in total. The van der Waals surface area contributed by atoms with Gasteiger partial charge in [0, 0.05) is 30.0 Å². The first-order valence-electron chi connectivity index (χ1n) is 8.00. The van der Waals surface area contributed by atoms with Crippen LogP contribution in [0.15, 0.2) is 33.8 Å². The van der Waals surface area contributed by atoms with Crippen LogP contribution in [0.5, 0.6) is 0 Å². The normalized spacial score (nSPS) is 18.3. The van der Waals surface area contributed by atoms with Gasteiger partial charge in [0.25, 0.3) is 5.56 Å². The van der Waals surface area contributed by atoms with Gasteiger partial charge in [-0.1, -0.05) is 15.9 Å². The second-order valence-corrected chi connectivity index (χ2v) is 7.00. The van der Waals surface area contributed by atoms with E-state index in [0.29, 0.717) is 29.9 Å². The number of carbonyl (C=O) groups is 1. The van der Waals surface area contributed by atoms with Crippen LogP contribution < -0.4 is 5.56 Å². The molecule has 1 aromatic heterocycles. The topological polar surface area (TPSA) is 55.2 Å². The van der Waals surface area contributed by atoms with Gasteiger partial charge in [0.05, 0.1) is 17.2 Å². The van der Waals surface area contributed by atoms with Crippen LogP contribution in [0, 0.1) is 0 Å². The predicted octanol–water partition coefficient (Wildman–Crippen LogP) is 2.95. The summed E-state index contributed by atoms with van der Waals surface area (Å²) in [5.41, 5.74) is 0.571. The molecule has 5 nitrogen and oxygen atoms in total. The monoisotopic (exact) mass is 377 g/mol. The smallest absolute Gasteiger partial charge is 0.261 e. The Labute approximate surface area is 143 Å². The van der Waals surface area contributed by atoms with E-state index in [1.54, 1.807) is 6.07 Å². The highest BCUT2D eigenvalue weighted by atomic mass is 79.9. The van der Waals surface area contributed by atoms with Gasteiger partial charge in [-0.25, -0.2) is 4.98 Å². The first-order valence-corrected chi connectivity index (χ1v) is 8.80. The quantitative estimate of drug-likeness (QED) is 0.825. The number of amides is 1. The highest BCUT2D eigenvalue weighted by molar-refractivity contribution is 9.10. The van der Waals surface area contributed by atoms with E-state index in [9.17, 15) is 9.59 Å². The Morgan fingerprint density at radius 2 is 2.22 bits per heavy atom. The largest absolute Gasteiger partial charge is 0.340 e. The van der Waals surface area contributed by atoms with Crippen LogP contribution in [0.25, 0.3) is 10.9 Å². The maximum Gasteiger partial charge on any atom is 0.261 e. The third-order valence-corrected chi connectivity index (χ3v) is 4.97. The number of hydrogen-bond donors (Lipinski definition) is 0. The number of nitrogens with zero attached hydrogens (tertiary/aromatic N) is 3. The molecule has 1 aromatic carbocycles. The summed E-state index contributed by atoms with van der Waals surface area (Å²) in [7, 11) is 0. The minimum Gasteiger partial charge on any atom is -0.340 e. The molecule has 1 fully saturated rings. The van der Waals surface area contributed by atoms with Gasteiger partial charge in [-0.15, -0.1) is 0 Å². The minimum absolute atomic E-state index is 0.101. The molecular weight excluding hydrogens is 358 g/mol. The molecule has 1 atom stereocenters. The molecule has 0 aliphatic carbocycles. The van der Waals surface area contributed by atoms with Crippen molar-refractivity contribution in [3.8, 4) is 0 Å². The lowest BCUT2D eigenvalue weighted by Gasteiger charge is -2.33. The molecule has 6 heteroatoms. The number of likely N-dealkylation sites (tertiary alicyclic amines) is 1. The average Bonchev–Trinajstić information content (AvgIpc) is 2.55. The third kappa shape index (κ3) is 3.47. The zero-order chi connectivity index (χ0) is 16.4. The highest BCUT2D eigenvalue weighted by Crippen LogP contribution is 2.18. The number of carbonyl (C=O) groups excluding carboxylic acids is 1. The summed E-state index contributed by atoms with van der Waals surface area (Å²) < 4.78 is 2.38. The van der Waals surface area contributed by atoms with Crippen LogP contribution in [0.4, 0.5) is 0 Å². The van der Waals surface area contributed by atoms with Crippen molar-refractivity contribution in [2.45, 2.75) is 45.2 Å². The lowest BCUT2D eigenvalue weighted by atomic mass is 10.0. The van der Waals surface area contributed by atoms with Crippen molar-refractivity contribution < 1.29 is 4.79 Å². The summed E-state index contributed by atoms with van der Waals surface area (Å²) in [5, 5.41) is 0.570. The highest BCUT2D eigenvalue weighted by Gasteiger charge is 2.22. The molecule has 2 aromatic rings.